The van der Waals surface area contributed by atoms with E-state index in [9.17, 15) is 8.78 Å². The lowest BCUT2D eigenvalue weighted by Crippen LogP contribution is -2.15. The second-order valence-electron chi connectivity index (χ2n) is 8.98. The largest absolute Gasteiger partial charge is 0.203 e. The van der Waals surface area contributed by atoms with Crippen molar-refractivity contribution in [2.24, 2.45) is 11.8 Å². The van der Waals surface area contributed by atoms with Gasteiger partial charge < -0.3 is 0 Å². The van der Waals surface area contributed by atoms with E-state index in [2.05, 4.69) is 24.0 Å². The topological polar surface area (TPSA) is 25.8 Å². The molecule has 1 fully saturated rings. The summed E-state index contributed by atoms with van der Waals surface area (Å²) in [5.41, 5.74) is 1.98. The predicted molar refractivity (Wildman–Crippen MR) is 119 cm³/mol. The van der Waals surface area contributed by atoms with Crippen molar-refractivity contribution < 1.29 is 8.78 Å². The maximum absolute atomic E-state index is 14.8. The summed E-state index contributed by atoms with van der Waals surface area (Å²) in [6.45, 7) is 4.41. The van der Waals surface area contributed by atoms with Gasteiger partial charge >= 0.3 is 0 Å². The van der Waals surface area contributed by atoms with Gasteiger partial charge in [-0.3, -0.25) is 0 Å². The Bertz CT molecular complexity index is 780. The van der Waals surface area contributed by atoms with Crippen molar-refractivity contribution in [3.63, 3.8) is 0 Å². The van der Waals surface area contributed by atoms with Gasteiger partial charge in [-0.15, -0.1) is 0 Å². The molecule has 1 aliphatic rings. The summed E-state index contributed by atoms with van der Waals surface area (Å²) in [7, 11) is 0. The molecule has 30 heavy (non-hydrogen) atoms. The van der Waals surface area contributed by atoms with E-state index in [1.165, 1.54) is 38.5 Å². The van der Waals surface area contributed by atoms with E-state index >= 15 is 0 Å². The number of benzene rings is 1. The Morgan fingerprint density at radius 1 is 0.767 bits per heavy atom. The number of aryl methyl sites for hydroxylation is 2. The van der Waals surface area contributed by atoms with Gasteiger partial charge in [-0.1, -0.05) is 71.3 Å². The van der Waals surface area contributed by atoms with Crippen LogP contribution in [0.1, 0.15) is 89.3 Å². The molecule has 0 aliphatic heterocycles. The van der Waals surface area contributed by atoms with Crippen molar-refractivity contribution in [1.29, 1.82) is 0 Å². The van der Waals surface area contributed by atoms with Crippen LogP contribution in [0, 0.1) is 23.5 Å². The van der Waals surface area contributed by atoms with Crippen LogP contribution in [0.2, 0.25) is 0 Å². The van der Waals surface area contributed by atoms with Crippen LogP contribution in [0.25, 0.3) is 11.3 Å². The highest BCUT2D eigenvalue weighted by Gasteiger charge is 2.22. The molecule has 2 nitrogen and oxygen atoms in total. The molecule has 0 radical (unpaired) electrons. The molecule has 1 aromatic carbocycles. The summed E-state index contributed by atoms with van der Waals surface area (Å²) in [4.78, 5) is 0. The normalized spacial score (nSPS) is 19.2. The number of hydrogen-bond donors (Lipinski definition) is 0. The van der Waals surface area contributed by atoms with Gasteiger partial charge in [0.15, 0.2) is 11.6 Å². The quantitative estimate of drug-likeness (QED) is 0.372. The highest BCUT2D eigenvalue weighted by molar-refractivity contribution is 5.60. The standard InChI is InChI=1S/C26H36F2N2/c1-3-5-6-8-22-16-18-24(30-29-22)23-17-15-21(25(27)26(23)28)14-13-20-11-9-19(7-4-2)10-12-20/h15-20H,3-14H2,1-2H3/t19-,20-. The molecule has 1 saturated carbocycles. The number of halogens is 2. The monoisotopic (exact) mass is 414 g/mol. The Hall–Kier alpha value is -1.84. The molecular weight excluding hydrogens is 378 g/mol. The van der Waals surface area contributed by atoms with Crippen LogP contribution in [0.15, 0.2) is 24.3 Å². The van der Waals surface area contributed by atoms with E-state index in [1.807, 2.05) is 6.07 Å². The first-order valence-corrected chi connectivity index (χ1v) is 11.9. The van der Waals surface area contributed by atoms with Gasteiger partial charge in [0.2, 0.25) is 0 Å². The molecule has 3 rings (SSSR count). The maximum Gasteiger partial charge on any atom is 0.168 e. The molecule has 164 valence electrons. The SMILES string of the molecule is CCCCCc1ccc(-c2ccc(CC[C@H]3CC[C@H](CCC)CC3)c(F)c2F)nn1. The second kappa shape index (κ2) is 11.5. The fraction of sp³-hybridized carbons (Fsp3) is 0.615. The molecule has 0 spiro atoms. The average molecular weight is 415 g/mol. The van der Waals surface area contributed by atoms with E-state index in [0.29, 0.717) is 23.6 Å². The molecule has 4 heteroatoms. The van der Waals surface area contributed by atoms with Crippen LogP contribution in [-0.2, 0) is 12.8 Å². The van der Waals surface area contributed by atoms with Gasteiger partial charge in [-0.05, 0) is 61.3 Å². The van der Waals surface area contributed by atoms with E-state index in [1.54, 1.807) is 18.2 Å². The van der Waals surface area contributed by atoms with Crippen molar-refractivity contribution in [1.82, 2.24) is 10.2 Å². The predicted octanol–water partition coefficient (Wildman–Crippen LogP) is 7.69. The Kier molecular flexibility index (Phi) is 8.77. The molecule has 0 amide bonds. The van der Waals surface area contributed by atoms with Gasteiger partial charge in [0.1, 0.15) is 0 Å². The van der Waals surface area contributed by atoms with Gasteiger partial charge in [-0.25, -0.2) is 8.78 Å². The molecule has 1 heterocycles. The molecule has 0 atom stereocenters. The first-order chi connectivity index (χ1) is 14.6. The van der Waals surface area contributed by atoms with Gasteiger partial charge in [0.05, 0.1) is 11.4 Å². The molecule has 0 unspecified atom stereocenters. The number of unbranched alkanes of at least 4 members (excludes halogenated alkanes) is 2. The van der Waals surface area contributed by atoms with Gasteiger partial charge in [-0.2, -0.15) is 10.2 Å². The van der Waals surface area contributed by atoms with Crippen LogP contribution >= 0.6 is 0 Å². The number of aromatic nitrogens is 2. The zero-order valence-corrected chi connectivity index (χ0v) is 18.6. The van der Waals surface area contributed by atoms with Crippen molar-refractivity contribution in [3.8, 4) is 11.3 Å². The summed E-state index contributed by atoms with van der Waals surface area (Å²) < 4.78 is 29.5. The molecule has 1 aliphatic carbocycles. The third-order valence-corrected chi connectivity index (χ3v) is 6.68. The fourth-order valence-electron chi connectivity index (χ4n) is 4.75. The summed E-state index contributed by atoms with van der Waals surface area (Å²) in [6, 6.07) is 7.01. The maximum atomic E-state index is 14.8. The third kappa shape index (κ3) is 6.09. The first kappa shape index (κ1) is 22.8. The summed E-state index contributed by atoms with van der Waals surface area (Å²) in [5, 5.41) is 8.34. The molecule has 0 bridgehead atoms. The van der Waals surface area contributed by atoms with Crippen molar-refractivity contribution in [2.45, 2.75) is 90.9 Å². The van der Waals surface area contributed by atoms with Gasteiger partial charge in [0.25, 0.3) is 0 Å². The zero-order valence-electron chi connectivity index (χ0n) is 18.6. The third-order valence-electron chi connectivity index (χ3n) is 6.68. The lowest BCUT2D eigenvalue weighted by Gasteiger charge is -2.28. The Morgan fingerprint density at radius 2 is 1.50 bits per heavy atom. The van der Waals surface area contributed by atoms with E-state index in [4.69, 9.17) is 0 Å². The Labute approximate surface area is 180 Å². The fourth-order valence-corrected chi connectivity index (χ4v) is 4.75. The lowest BCUT2D eigenvalue weighted by atomic mass is 9.78. The minimum absolute atomic E-state index is 0.198. The first-order valence-electron chi connectivity index (χ1n) is 11.9. The smallest absolute Gasteiger partial charge is 0.168 e. The molecule has 1 aromatic heterocycles. The minimum Gasteiger partial charge on any atom is -0.203 e. The second-order valence-corrected chi connectivity index (χ2v) is 8.98. The summed E-state index contributed by atoms with van der Waals surface area (Å²) in [5.74, 6) is -0.00148. The van der Waals surface area contributed by atoms with Crippen LogP contribution in [0.5, 0.6) is 0 Å². The van der Waals surface area contributed by atoms with E-state index < -0.39 is 11.6 Å². The summed E-state index contributed by atoms with van der Waals surface area (Å²) >= 11 is 0. The van der Waals surface area contributed by atoms with Crippen molar-refractivity contribution in [3.05, 3.63) is 47.2 Å². The van der Waals surface area contributed by atoms with E-state index in [-0.39, 0.29) is 5.56 Å². The minimum atomic E-state index is -0.799. The van der Waals surface area contributed by atoms with Crippen molar-refractivity contribution in [2.75, 3.05) is 0 Å². The zero-order chi connectivity index (χ0) is 21.3. The Balaban J connectivity index is 1.59. The lowest BCUT2D eigenvalue weighted by molar-refractivity contribution is 0.251. The van der Waals surface area contributed by atoms with Crippen molar-refractivity contribution >= 4 is 0 Å². The Morgan fingerprint density at radius 3 is 2.13 bits per heavy atom. The number of nitrogens with zero attached hydrogens (tertiary/aromatic N) is 2. The van der Waals surface area contributed by atoms with Gasteiger partial charge in [0, 0.05) is 5.56 Å². The average Bonchev–Trinajstić information content (AvgIpc) is 2.77. The molecule has 0 saturated heterocycles. The highest BCUT2D eigenvalue weighted by atomic mass is 19.2. The van der Waals surface area contributed by atoms with E-state index in [0.717, 1.165) is 43.7 Å². The summed E-state index contributed by atoms with van der Waals surface area (Å²) in [6.07, 6.45) is 13.4. The highest BCUT2D eigenvalue weighted by Crippen LogP contribution is 2.34. The van der Waals surface area contributed by atoms with Crippen LogP contribution in [0.3, 0.4) is 0 Å². The number of rotatable bonds is 10. The molecule has 2 aromatic rings. The number of hydrogen-bond acceptors (Lipinski definition) is 2. The molecule has 0 N–H and O–H groups in total. The molecular formula is C26H36F2N2. The van der Waals surface area contributed by atoms with Crippen LogP contribution in [0.4, 0.5) is 8.78 Å². The van der Waals surface area contributed by atoms with Crippen LogP contribution in [-0.4, -0.2) is 10.2 Å². The van der Waals surface area contributed by atoms with Crippen LogP contribution < -0.4 is 0 Å².